The van der Waals surface area contributed by atoms with E-state index in [0.29, 0.717) is 0 Å². The predicted molar refractivity (Wildman–Crippen MR) is 88.3 cm³/mol. The molecule has 20 heavy (non-hydrogen) atoms. The lowest BCUT2D eigenvalue weighted by molar-refractivity contribution is 0.158. The van der Waals surface area contributed by atoms with Crippen molar-refractivity contribution in [2.75, 3.05) is 13.1 Å². The lowest BCUT2D eigenvalue weighted by atomic mass is 9.71. The van der Waals surface area contributed by atoms with Gasteiger partial charge < -0.3 is 5.32 Å². The maximum Gasteiger partial charge on any atom is 0.0138 e. The maximum absolute atomic E-state index is 3.65. The zero-order valence-corrected chi connectivity index (χ0v) is 13.6. The van der Waals surface area contributed by atoms with Gasteiger partial charge in [-0.3, -0.25) is 0 Å². The SMILES string of the molecule is CC(C)CNCC1CCC1CC1Cc2ccccc2S1. The van der Waals surface area contributed by atoms with Gasteiger partial charge >= 0.3 is 0 Å². The van der Waals surface area contributed by atoms with Crippen LogP contribution in [0.15, 0.2) is 29.2 Å². The number of fused-ring (bicyclic) bond motifs is 1. The van der Waals surface area contributed by atoms with Crippen molar-refractivity contribution in [3.05, 3.63) is 29.8 Å². The van der Waals surface area contributed by atoms with E-state index >= 15 is 0 Å². The molecule has 0 amide bonds. The summed E-state index contributed by atoms with van der Waals surface area (Å²) < 4.78 is 0. The highest BCUT2D eigenvalue weighted by Crippen LogP contribution is 2.45. The maximum atomic E-state index is 3.65. The summed E-state index contributed by atoms with van der Waals surface area (Å²) in [5, 5.41) is 4.49. The van der Waals surface area contributed by atoms with Gasteiger partial charge in [-0.2, -0.15) is 0 Å². The van der Waals surface area contributed by atoms with Crippen molar-refractivity contribution in [3.63, 3.8) is 0 Å². The molecule has 1 fully saturated rings. The van der Waals surface area contributed by atoms with E-state index in [2.05, 4.69) is 55.2 Å². The zero-order valence-electron chi connectivity index (χ0n) is 12.8. The Morgan fingerprint density at radius 2 is 2.00 bits per heavy atom. The average molecular weight is 289 g/mol. The van der Waals surface area contributed by atoms with E-state index in [0.717, 1.165) is 23.0 Å². The van der Waals surface area contributed by atoms with Crippen LogP contribution in [0.4, 0.5) is 0 Å². The Morgan fingerprint density at radius 1 is 1.20 bits per heavy atom. The van der Waals surface area contributed by atoms with Crippen LogP contribution in [0.1, 0.15) is 38.7 Å². The molecular weight excluding hydrogens is 262 g/mol. The van der Waals surface area contributed by atoms with E-state index in [1.54, 1.807) is 5.56 Å². The molecule has 110 valence electrons. The molecule has 1 aliphatic heterocycles. The fourth-order valence-electron chi connectivity index (χ4n) is 3.50. The van der Waals surface area contributed by atoms with Gasteiger partial charge in [0.1, 0.15) is 0 Å². The number of nitrogens with one attached hydrogen (secondary N) is 1. The van der Waals surface area contributed by atoms with Gasteiger partial charge in [0.25, 0.3) is 0 Å². The van der Waals surface area contributed by atoms with E-state index in [-0.39, 0.29) is 0 Å². The molecule has 0 spiro atoms. The number of hydrogen-bond donors (Lipinski definition) is 1. The van der Waals surface area contributed by atoms with Crippen LogP contribution in [0, 0.1) is 17.8 Å². The Balaban J connectivity index is 1.43. The monoisotopic (exact) mass is 289 g/mol. The second-order valence-corrected chi connectivity index (χ2v) is 8.28. The number of benzene rings is 1. The van der Waals surface area contributed by atoms with Crippen molar-refractivity contribution in [1.82, 2.24) is 5.32 Å². The van der Waals surface area contributed by atoms with Crippen LogP contribution >= 0.6 is 11.8 Å². The molecule has 3 atom stereocenters. The largest absolute Gasteiger partial charge is 0.316 e. The van der Waals surface area contributed by atoms with E-state index in [4.69, 9.17) is 0 Å². The molecule has 2 heteroatoms. The minimum atomic E-state index is 0.772. The van der Waals surface area contributed by atoms with Crippen molar-refractivity contribution >= 4 is 11.8 Å². The molecule has 0 radical (unpaired) electrons. The van der Waals surface area contributed by atoms with Gasteiger partial charge in [-0.15, -0.1) is 11.8 Å². The fraction of sp³-hybridized carbons (Fsp3) is 0.667. The lowest BCUT2D eigenvalue weighted by Gasteiger charge is -2.38. The van der Waals surface area contributed by atoms with Crippen LogP contribution in [-0.4, -0.2) is 18.3 Å². The molecule has 1 heterocycles. The molecule has 0 aromatic heterocycles. The average Bonchev–Trinajstić information content (AvgIpc) is 2.82. The number of hydrogen-bond acceptors (Lipinski definition) is 2. The van der Waals surface area contributed by atoms with E-state index < -0.39 is 0 Å². The Kier molecular flexibility index (Phi) is 4.72. The van der Waals surface area contributed by atoms with Crippen molar-refractivity contribution in [2.45, 2.75) is 49.7 Å². The summed E-state index contributed by atoms with van der Waals surface area (Å²) in [6.45, 7) is 7.00. The number of rotatable bonds is 6. The van der Waals surface area contributed by atoms with Crippen molar-refractivity contribution in [2.24, 2.45) is 17.8 Å². The standard InChI is InChI=1S/C18H27NS/c1-13(2)11-19-12-16-8-7-14(16)9-17-10-15-5-3-4-6-18(15)20-17/h3-6,13-14,16-17,19H,7-12H2,1-2H3. The highest BCUT2D eigenvalue weighted by atomic mass is 32.2. The van der Waals surface area contributed by atoms with Crippen LogP contribution in [0.5, 0.6) is 0 Å². The van der Waals surface area contributed by atoms with Gasteiger partial charge in [-0.05, 0) is 68.2 Å². The zero-order chi connectivity index (χ0) is 13.9. The van der Waals surface area contributed by atoms with Crippen LogP contribution in [0.25, 0.3) is 0 Å². The minimum Gasteiger partial charge on any atom is -0.316 e. The van der Waals surface area contributed by atoms with Crippen LogP contribution in [0.2, 0.25) is 0 Å². The van der Waals surface area contributed by atoms with Gasteiger partial charge in [0.2, 0.25) is 0 Å². The van der Waals surface area contributed by atoms with Crippen molar-refractivity contribution in [3.8, 4) is 0 Å². The topological polar surface area (TPSA) is 12.0 Å². The first-order valence-electron chi connectivity index (χ1n) is 8.17. The van der Waals surface area contributed by atoms with Gasteiger partial charge in [-0.1, -0.05) is 32.0 Å². The Labute approximate surface area is 127 Å². The molecule has 1 aromatic carbocycles. The molecule has 1 aromatic rings. The van der Waals surface area contributed by atoms with Gasteiger partial charge in [0.15, 0.2) is 0 Å². The van der Waals surface area contributed by atoms with Crippen molar-refractivity contribution < 1.29 is 0 Å². The second kappa shape index (κ2) is 6.53. The fourth-order valence-corrected chi connectivity index (χ4v) is 4.92. The Bertz CT molecular complexity index is 418. The molecule has 2 aliphatic rings. The summed E-state index contributed by atoms with van der Waals surface area (Å²) in [4.78, 5) is 1.53. The molecule has 3 rings (SSSR count). The first-order valence-corrected chi connectivity index (χ1v) is 9.05. The predicted octanol–water partition coefficient (Wildman–Crippen LogP) is 4.37. The molecule has 0 saturated heterocycles. The molecule has 1 nitrogen and oxygen atoms in total. The second-order valence-electron chi connectivity index (χ2n) is 6.94. The molecule has 1 saturated carbocycles. The molecular formula is C18H27NS. The molecule has 3 unspecified atom stereocenters. The minimum absolute atomic E-state index is 0.772. The first kappa shape index (κ1) is 14.5. The van der Waals surface area contributed by atoms with Crippen LogP contribution < -0.4 is 5.32 Å². The van der Waals surface area contributed by atoms with Crippen molar-refractivity contribution in [1.29, 1.82) is 0 Å². The highest BCUT2D eigenvalue weighted by Gasteiger charge is 2.34. The summed E-state index contributed by atoms with van der Waals surface area (Å²) in [6.07, 6.45) is 5.62. The van der Waals surface area contributed by atoms with E-state index in [9.17, 15) is 0 Å². The number of thioether (sulfide) groups is 1. The summed E-state index contributed by atoms with van der Waals surface area (Å²) in [6, 6.07) is 8.97. The normalized spacial score (nSPS) is 28.4. The third-order valence-electron chi connectivity index (χ3n) is 4.81. The molecule has 1 N–H and O–H groups in total. The van der Waals surface area contributed by atoms with Crippen LogP contribution in [-0.2, 0) is 6.42 Å². The summed E-state index contributed by atoms with van der Waals surface area (Å²) in [5.74, 6) is 2.69. The highest BCUT2D eigenvalue weighted by molar-refractivity contribution is 8.00. The lowest BCUT2D eigenvalue weighted by Crippen LogP contribution is -2.37. The Morgan fingerprint density at radius 3 is 2.70 bits per heavy atom. The van der Waals surface area contributed by atoms with E-state index in [1.165, 1.54) is 43.7 Å². The summed E-state index contributed by atoms with van der Waals surface area (Å²) >= 11 is 2.12. The van der Waals surface area contributed by atoms with Gasteiger partial charge in [-0.25, -0.2) is 0 Å². The van der Waals surface area contributed by atoms with Gasteiger partial charge in [0.05, 0.1) is 0 Å². The smallest absolute Gasteiger partial charge is 0.0138 e. The van der Waals surface area contributed by atoms with Gasteiger partial charge in [0, 0.05) is 10.1 Å². The molecule has 0 bridgehead atoms. The third-order valence-corrected chi connectivity index (χ3v) is 6.16. The summed E-state index contributed by atoms with van der Waals surface area (Å²) in [7, 11) is 0. The molecule has 1 aliphatic carbocycles. The Hall–Kier alpha value is -0.470. The van der Waals surface area contributed by atoms with Crippen LogP contribution in [0.3, 0.4) is 0 Å². The quantitative estimate of drug-likeness (QED) is 0.835. The third kappa shape index (κ3) is 3.40. The first-order chi connectivity index (χ1) is 9.72. The van der Waals surface area contributed by atoms with E-state index in [1.807, 2.05) is 0 Å². The summed E-state index contributed by atoms with van der Waals surface area (Å²) in [5.41, 5.74) is 1.58.